The fraction of sp³-hybridized carbons (Fsp3) is 0.400. The number of fused-ring (bicyclic) bond motifs is 1. The fourth-order valence-corrected chi connectivity index (χ4v) is 5.74. The van der Waals surface area contributed by atoms with Crippen molar-refractivity contribution in [2.45, 2.75) is 37.3 Å². The molecule has 1 fully saturated rings. The second-order valence-electron chi connectivity index (χ2n) is 7.12. The number of hydrogen-bond donors (Lipinski definition) is 0. The Morgan fingerprint density at radius 2 is 1.78 bits per heavy atom. The molecule has 0 N–H and O–H groups in total. The molecule has 1 saturated heterocycles. The van der Waals surface area contributed by atoms with Crippen molar-refractivity contribution in [3.8, 4) is 0 Å². The van der Waals surface area contributed by atoms with Crippen LogP contribution in [0.4, 0.5) is 5.69 Å². The van der Waals surface area contributed by atoms with Gasteiger partial charge in [0.25, 0.3) is 0 Å². The average Bonchev–Trinajstić information content (AvgIpc) is 2.68. The zero-order valence-electron chi connectivity index (χ0n) is 15.3. The van der Waals surface area contributed by atoms with Gasteiger partial charge in [0.1, 0.15) is 6.73 Å². The van der Waals surface area contributed by atoms with E-state index in [4.69, 9.17) is 4.74 Å². The van der Waals surface area contributed by atoms with E-state index in [9.17, 15) is 8.42 Å². The number of hydrogen-bond acceptors (Lipinski definition) is 4. The van der Waals surface area contributed by atoms with Gasteiger partial charge >= 0.3 is 0 Å². The standard InChI is InChI=1S/C20H23BrN2O3S/c1-15-3-2-4-16-13-26-14-23(20(15)16)18-9-11-22(12-10-18)27(24,25)19-7-5-17(21)6-8-19/h2-8,18H,9-14H2,1H3. The minimum absolute atomic E-state index is 0.293. The third kappa shape index (κ3) is 3.66. The maximum Gasteiger partial charge on any atom is 0.243 e. The van der Waals surface area contributed by atoms with Crippen molar-refractivity contribution >= 4 is 31.6 Å². The number of rotatable bonds is 3. The molecule has 0 bridgehead atoms. The van der Waals surface area contributed by atoms with Crippen molar-refractivity contribution in [1.29, 1.82) is 0 Å². The quantitative estimate of drug-likeness (QED) is 0.711. The molecule has 0 atom stereocenters. The van der Waals surface area contributed by atoms with Crippen molar-refractivity contribution in [2.24, 2.45) is 0 Å². The summed E-state index contributed by atoms with van der Waals surface area (Å²) in [6.45, 7) is 4.40. The van der Waals surface area contributed by atoms with Crippen LogP contribution in [0.5, 0.6) is 0 Å². The van der Waals surface area contributed by atoms with E-state index >= 15 is 0 Å². The molecule has 7 heteroatoms. The maximum absolute atomic E-state index is 12.9. The van der Waals surface area contributed by atoms with Crippen LogP contribution in [0.15, 0.2) is 51.8 Å². The van der Waals surface area contributed by atoms with Crippen LogP contribution < -0.4 is 4.90 Å². The number of halogens is 1. The normalized spacial score (nSPS) is 19.1. The molecule has 2 aliphatic rings. The predicted octanol–water partition coefficient (Wildman–Crippen LogP) is 3.90. The van der Waals surface area contributed by atoms with E-state index in [1.807, 2.05) is 0 Å². The van der Waals surface area contributed by atoms with Gasteiger partial charge in [0, 0.05) is 34.9 Å². The van der Waals surface area contributed by atoms with Gasteiger partial charge in [-0.3, -0.25) is 0 Å². The third-order valence-electron chi connectivity index (χ3n) is 5.41. The van der Waals surface area contributed by atoms with E-state index in [0.717, 1.165) is 17.3 Å². The number of ether oxygens (including phenoxy) is 1. The summed E-state index contributed by atoms with van der Waals surface area (Å²) < 4.78 is 34.1. The molecule has 2 heterocycles. The second-order valence-corrected chi connectivity index (χ2v) is 9.97. The van der Waals surface area contributed by atoms with Gasteiger partial charge in [-0.1, -0.05) is 34.1 Å². The third-order valence-corrected chi connectivity index (χ3v) is 7.85. The van der Waals surface area contributed by atoms with Gasteiger partial charge in [0.05, 0.1) is 11.5 Å². The second kappa shape index (κ2) is 7.54. The van der Waals surface area contributed by atoms with E-state index in [2.05, 4.69) is 46.0 Å². The van der Waals surface area contributed by atoms with Crippen LogP contribution in [0.1, 0.15) is 24.0 Å². The van der Waals surface area contributed by atoms with Gasteiger partial charge in [-0.25, -0.2) is 8.42 Å². The molecule has 0 unspecified atom stereocenters. The van der Waals surface area contributed by atoms with Crippen LogP contribution in [-0.4, -0.2) is 38.6 Å². The molecule has 27 heavy (non-hydrogen) atoms. The van der Waals surface area contributed by atoms with E-state index in [1.165, 1.54) is 16.8 Å². The molecule has 0 amide bonds. The van der Waals surface area contributed by atoms with Crippen molar-refractivity contribution in [2.75, 3.05) is 24.7 Å². The average molecular weight is 451 g/mol. The number of piperidine rings is 1. The van der Waals surface area contributed by atoms with E-state index in [0.29, 0.717) is 37.4 Å². The number of benzene rings is 2. The molecule has 0 aliphatic carbocycles. The highest BCUT2D eigenvalue weighted by molar-refractivity contribution is 9.10. The monoisotopic (exact) mass is 450 g/mol. The van der Waals surface area contributed by atoms with Crippen LogP contribution >= 0.6 is 15.9 Å². The Kier molecular flexibility index (Phi) is 5.29. The lowest BCUT2D eigenvalue weighted by molar-refractivity contribution is 0.0986. The van der Waals surface area contributed by atoms with Crippen molar-refractivity contribution in [3.63, 3.8) is 0 Å². The molecular formula is C20H23BrN2O3S. The van der Waals surface area contributed by atoms with Gasteiger partial charge in [0.15, 0.2) is 0 Å². The summed E-state index contributed by atoms with van der Waals surface area (Å²) in [5.74, 6) is 0. The Hall–Kier alpha value is -1.41. The lowest BCUT2D eigenvalue weighted by atomic mass is 10.00. The van der Waals surface area contributed by atoms with Gasteiger partial charge in [-0.15, -0.1) is 0 Å². The molecule has 4 rings (SSSR count). The molecule has 144 valence electrons. The van der Waals surface area contributed by atoms with Crippen LogP contribution in [0.3, 0.4) is 0 Å². The zero-order chi connectivity index (χ0) is 19.0. The molecular weight excluding hydrogens is 428 g/mol. The first-order valence-corrected chi connectivity index (χ1v) is 11.4. The number of nitrogens with zero attached hydrogens (tertiary/aromatic N) is 2. The molecule has 0 radical (unpaired) electrons. The Morgan fingerprint density at radius 1 is 1.07 bits per heavy atom. The van der Waals surface area contributed by atoms with Gasteiger partial charge in [0.2, 0.25) is 10.0 Å². The summed E-state index contributed by atoms with van der Waals surface area (Å²) in [5.41, 5.74) is 3.73. The number of aryl methyl sites for hydroxylation is 1. The first-order valence-electron chi connectivity index (χ1n) is 9.15. The number of para-hydroxylation sites is 1. The van der Waals surface area contributed by atoms with Crippen LogP contribution in [-0.2, 0) is 21.4 Å². The molecule has 0 saturated carbocycles. The van der Waals surface area contributed by atoms with Crippen LogP contribution in [0, 0.1) is 6.92 Å². The molecule has 2 aliphatic heterocycles. The smallest absolute Gasteiger partial charge is 0.243 e. The molecule has 2 aromatic rings. The van der Waals surface area contributed by atoms with Crippen LogP contribution in [0.25, 0.3) is 0 Å². The van der Waals surface area contributed by atoms with Crippen molar-refractivity contribution in [1.82, 2.24) is 4.31 Å². The van der Waals surface area contributed by atoms with E-state index in [-0.39, 0.29) is 0 Å². The lowest BCUT2D eigenvalue weighted by Gasteiger charge is -2.42. The van der Waals surface area contributed by atoms with Crippen molar-refractivity contribution in [3.05, 3.63) is 58.1 Å². The largest absolute Gasteiger partial charge is 0.356 e. The van der Waals surface area contributed by atoms with Crippen molar-refractivity contribution < 1.29 is 13.2 Å². The molecule has 0 spiro atoms. The van der Waals surface area contributed by atoms with E-state index < -0.39 is 10.0 Å². The highest BCUT2D eigenvalue weighted by atomic mass is 79.9. The van der Waals surface area contributed by atoms with Gasteiger partial charge < -0.3 is 9.64 Å². The topological polar surface area (TPSA) is 49.9 Å². The highest BCUT2D eigenvalue weighted by Gasteiger charge is 2.33. The zero-order valence-corrected chi connectivity index (χ0v) is 17.7. The Balaban J connectivity index is 1.50. The molecule has 2 aromatic carbocycles. The summed E-state index contributed by atoms with van der Waals surface area (Å²) in [6.07, 6.45) is 1.60. The lowest BCUT2D eigenvalue weighted by Crippen LogP contribution is -2.48. The summed E-state index contributed by atoms with van der Waals surface area (Å²) in [6, 6.07) is 13.4. The fourth-order valence-electron chi connectivity index (χ4n) is 4.00. The van der Waals surface area contributed by atoms with Gasteiger partial charge in [-0.2, -0.15) is 4.31 Å². The summed E-state index contributed by atoms with van der Waals surface area (Å²) in [5, 5.41) is 0. The van der Waals surface area contributed by atoms with E-state index in [1.54, 1.807) is 28.6 Å². The predicted molar refractivity (Wildman–Crippen MR) is 109 cm³/mol. The minimum atomic E-state index is -3.44. The Morgan fingerprint density at radius 3 is 2.48 bits per heavy atom. The number of sulfonamides is 1. The maximum atomic E-state index is 12.9. The SMILES string of the molecule is Cc1cccc2c1N(C1CCN(S(=O)(=O)c3ccc(Br)cc3)CC1)COC2. The Labute approximate surface area is 169 Å². The first-order chi connectivity index (χ1) is 13.0. The minimum Gasteiger partial charge on any atom is -0.356 e. The summed E-state index contributed by atoms with van der Waals surface area (Å²) in [4.78, 5) is 2.67. The summed E-state index contributed by atoms with van der Waals surface area (Å²) in [7, 11) is -3.44. The highest BCUT2D eigenvalue weighted by Crippen LogP contribution is 2.34. The van der Waals surface area contributed by atoms with Crippen LogP contribution in [0.2, 0.25) is 0 Å². The number of anilines is 1. The first kappa shape index (κ1) is 18.9. The Bertz CT molecular complexity index is 923. The summed E-state index contributed by atoms with van der Waals surface area (Å²) >= 11 is 3.35. The van der Waals surface area contributed by atoms with Gasteiger partial charge in [-0.05, 0) is 49.6 Å². The molecule has 5 nitrogen and oxygen atoms in total. The molecule has 0 aromatic heterocycles.